The Morgan fingerprint density at radius 2 is 0.602 bits per heavy atom. The van der Waals surface area contributed by atoms with Gasteiger partial charge in [-0.2, -0.15) is 110 Å². The van der Waals surface area contributed by atoms with Gasteiger partial charge in [0.1, 0.15) is 46.1 Å². The summed E-state index contributed by atoms with van der Waals surface area (Å²) in [4.78, 5) is 67.9. The van der Waals surface area contributed by atoms with Gasteiger partial charge in [-0.3, -0.25) is 14.4 Å². The van der Waals surface area contributed by atoms with Crippen molar-refractivity contribution in [1.82, 2.24) is 0 Å². The molecule has 41 heteroatoms. The van der Waals surface area contributed by atoms with Gasteiger partial charge in [-0.15, -0.1) is 0 Å². The monoisotopic (exact) mass is 1290 g/mol. The molecule has 2 saturated carbocycles. The van der Waals surface area contributed by atoms with Crippen LogP contribution in [0.5, 0.6) is 0 Å². The lowest BCUT2D eigenvalue weighted by Gasteiger charge is -2.50. The van der Waals surface area contributed by atoms with Gasteiger partial charge in [0.05, 0.1) is 23.7 Å². The lowest BCUT2D eigenvalue weighted by Crippen LogP contribution is -2.85. The summed E-state index contributed by atoms with van der Waals surface area (Å²) in [5, 5.41) is 0. The highest BCUT2D eigenvalue weighted by Gasteiger charge is 3.05. The van der Waals surface area contributed by atoms with E-state index in [9.17, 15) is 156 Å². The largest absolute Gasteiger partial charge is 0.462 e. The smallest absolute Gasteiger partial charge is 0.394 e. The number of ether oxygens (including phenoxy) is 6. The van der Waals surface area contributed by atoms with Gasteiger partial charge in [0.15, 0.2) is 0 Å². The van der Waals surface area contributed by atoms with Crippen LogP contribution in [-0.2, 0) is 57.2 Å². The first-order valence-electron chi connectivity index (χ1n) is 22.6. The number of carbonyl (C=O) groups is 6. The molecule has 0 aromatic rings. The number of esters is 6. The normalized spacial score (nSPS) is 22.4. The Morgan fingerprint density at radius 1 is 0.361 bits per heavy atom. The van der Waals surface area contributed by atoms with Gasteiger partial charge in [0, 0.05) is 0 Å². The standard InChI is InChI=1S/C15H15F11O4.C14H13F11O4.C13H17F7O4/c1-4-9(2,3)7(27)29-5-6-30-8(28)10(16)11(17,18)13(21,22)15(25,26)14(23,24)12(10,19)20;1-3-6(2)7(26)28-4-5-29-8(27)9(15)10(16,17)12(20,21)14(24,25)13(22,23)11(9,18)19;1-3-8(2)9(21)23-4-5-24-10(22)12(16,17)6-11(14,15)7-13(18,19)20/h4-6H2,1-3H3;6H,3-5H2,1-2H3;8H,3-7H2,1-2H3. The minimum atomic E-state index is -7.43. The second-order valence-corrected chi connectivity index (χ2v) is 18.3. The molecule has 2 aliphatic rings. The Bertz CT molecular complexity index is 2220. The Labute approximate surface area is 446 Å². The molecule has 0 spiro atoms. The van der Waals surface area contributed by atoms with Gasteiger partial charge in [-0.1, -0.05) is 34.6 Å². The van der Waals surface area contributed by atoms with E-state index in [0.717, 1.165) is 0 Å². The van der Waals surface area contributed by atoms with Crippen molar-refractivity contribution in [3.63, 3.8) is 0 Å². The summed E-state index contributed by atoms with van der Waals surface area (Å²) >= 11 is 0. The lowest BCUT2D eigenvalue weighted by molar-refractivity contribution is -0.478. The van der Waals surface area contributed by atoms with Crippen LogP contribution in [0.4, 0.5) is 127 Å². The van der Waals surface area contributed by atoms with Crippen LogP contribution >= 0.6 is 0 Å². The summed E-state index contributed by atoms with van der Waals surface area (Å²) in [6.07, 6.45) is -9.89. The second kappa shape index (κ2) is 25.4. The SMILES string of the molecule is CCC(C)(C)C(=O)OCCOC(=O)C1(F)C(F)(F)C(F)(F)C(F)(F)C(F)(F)C1(F)F.CCC(C)C(=O)OCCOC(=O)C(F)(F)CC(F)(F)CC(F)(F)F.CCC(C)C(=O)OCCOC(=O)C1(F)C(F)(F)C(F)(F)C(F)(F)C(F)(F)C1(F)F. The van der Waals surface area contributed by atoms with Gasteiger partial charge >= 0.3 is 118 Å². The molecule has 488 valence electrons. The first-order chi connectivity index (χ1) is 36.6. The molecular formula is C42H45F29O12. The molecule has 0 N–H and O–H groups in total. The summed E-state index contributed by atoms with van der Waals surface area (Å²) in [5.41, 5.74) is -14.9. The summed E-state index contributed by atoms with van der Waals surface area (Å²) in [5.74, 6) is -96.9. The molecule has 0 aromatic heterocycles. The fourth-order valence-corrected chi connectivity index (χ4v) is 5.79. The summed E-state index contributed by atoms with van der Waals surface area (Å²) in [6.45, 7) is 3.79. The molecule has 0 saturated heterocycles. The van der Waals surface area contributed by atoms with Gasteiger partial charge in [0.25, 0.3) is 5.92 Å². The Hall–Kier alpha value is -5.21. The number of carbonyl (C=O) groups excluding carboxylic acids is 6. The predicted octanol–water partition coefficient (Wildman–Crippen LogP) is 12.2. The van der Waals surface area contributed by atoms with E-state index in [2.05, 4.69) is 28.4 Å². The molecule has 2 unspecified atom stereocenters. The molecule has 2 atom stereocenters. The number of rotatable bonds is 21. The van der Waals surface area contributed by atoms with E-state index in [4.69, 9.17) is 0 Å². The van der Waals surface area contributed by atoms with Crippen LogP contribution in [0, 0.1) is 17.3 Å². The van der Waals surface area contributed by atoms with Crippen LogP contribution in [-0.4, -0.2) is 164 Å². The van der Waals surface area contributed by atoms with Crippen LogP contribution in [0.3, 0.4) is 0 Å². The van der Waals surface area contributed by atoms with Crippen LogP contribution in [0.15, 0.2) is 0 Å². The lowest BCUT2D eigenvalue weighted by atomic mass is 9.72. The highest BCUT2D eigenvalue weighted by Crippen LogP contribution is 2.71. The molecule has 0 radical (unpaired) electrons. The fraction of sp³-hybridized carbons (Fsp3) is 0.857. The van der Waals surface area contributed by atoms with Crippen molar-refractivity contribution in [2.75, 3.05) is 39.6 Å². The predicted molar refractivity (Wildman–Crippen MR) is 211 cm³/mol. The van der Waals surface area contributed by atoms with E-state index in [0.29, 0.717) is 6.42 Å². The molecule has 0 aliphatic heterocycles. The Morgan fingerprint density at radius 3 is 0.855 bits per heavy atom. The molecule has 0 amide bonds. The summed E-state index contributed by atoms with van der Waals surface area (Å²) in [7, 11) is 0. The molecule has 83 heavy (non-hydrogen) atoms. The van der Waals surface area contributed by atoms with Crippen molar-refractivity contribution in [2.45, 2.75) is 169 Å². The number of alkyl halides is 29. The van der Waals surface area contributed by atoms with Crippen molar-refractivity contribution < 1.29 is 185 Å². The van der Waals surface area contributed by atoms with E-state index in [1.165, 1.54) is 41.5 Å². The highest BCUT2D eigenvalue weighted by atomic mass is 19.4. The van der Waals surface area contributed by atoms with Crippen LogP contribution < -0.4 is 0 Å². The third-order valence-corrected chi connectivity index (χ3v) is 11.8. The number of hydrogen-bond donors (Lipinski definition) is 0. The van der Waals surface area contributed by atoms with E-state index in [1.54, 1.807) is 6.92 Å². The Kier molecular flexibility index (Phi) is 23.8. The van der Waals surface area contributed by atoms with Crippen molar-refractivity contribution in [3.8, 4) is 0 Å². The average Bonchev–Trinajstić information content (AvgIpc) is 3.33. The van der Waals surface area contributed by atoms with Crippen molar-refractivity contribution in [2.24, 2.45) is 17.3 Å². The number of halogens is 29. The summed E-state index contributed by atoms with van der Waals surface area (Å²) < 4.78 is 408. The zero-order valence-corrected chi connectivity index (χ0v) is 42.8. The molecule has 2 aliphatic carbocycles. The molecular weight excluding hydrogens is 1250 g/mol. The fourth-order valence-electron chi connectivity index (χ4n) is 5.79. The summed E-state index contributed by atoms with van der Waals surface area (Å²) in [6, 6.07) is 0. The van der Waals surface area contributed by atoms with E-state index < -0.39 is 194 Å². The molecule has 0 bridgehead atoms. The first-order valence-corrected chi connectivity index (χ1v) is 22.6. The van der Waals surface area contributed by atoms with Crippen LogP contribution in [0.1, 0.15) is 80.6 Å². The zero-order valence-electron chi connectivity index (χ0n) is 42.8. The highest BCUT2D eigenvalue weighted by molar-refractivity contribution is 5.85. The maximum atomic E-state index is 14.3. The zero-order chi connectivity index (χ0) is 66.6. The van der Waals surface area contributed by atoms with E-state index >= 15 is 0 Å². The van der Waals surface area contributed by atoms with E-state index in [1.807, 2.05) is 0 Å². The average molecular weight is 1290 g/mol. The van der Waals surface area contributed by atoms with Gasteiger partial charge in [-0.05, 0) is 33.1 Å². The maximum Gasteiger partial charge on any atom is 0.394 e. The Balaban J connectivity index is 0.00000122. The third kappa shape index (κ3) is 14.1. The van der Waals surface area contributed by atoms with Crippen LogP contribution in [0.25, 0.3) is 0 Å². The quantitative estimate of drug-likeness (QED) is 0.0464. The molecule has 2 fully saturated rings. The first kappa shape index (κ1) is 77.8. The van der Waals surface area contributed by atoms with Gasteiger partial charge in [0.2, 0.25) is 0 Å². The van der Waals surface area contributed by atoms with Crippen molar-refractivity contribution in [3.05, 3.63) is 0 Å². The minimum Gasteiger partial charge on any atom is -0.462 e. The van der Waals surface area contributed by atoms with Crippen molar-refractivity contribution >= 4 is 35.8 Å². The topological polar surface area (TPSA) is 158 Å². The molecule has 0 aromatic carbocycles. The van der Waals surface area contributed by atoms with Gasteiger partial charge < -0.3 is 28.4 Å². The molecule has 0 heterocycles. The third-order valence-electron chi connectivity index (χ3n) is 11.8. The number of hydrogen-bond acceptors (Lipinski definition) is 12. The molecule has 12 nitrogen and oxygen atoms in total. The minimum absolute atomic E-state index is 0.204. The van der Waals surface area contributed by atoms with E-state index in [-0.39, 0.29) is 12.8 Å². The van der Waals surface area contributed by atoms with Crippen LogP contribution in [0.2, 0.25) is 0 Å². The molecule has 2 rings (SSSR count). The maximum absolute atomic E-state index is 14.3. The van der Waals surface area contributed by atoms with Gasteiger partial charge in [-0.25, -0.2) is 31.9 Å². The second-order valence-electron chi connectivity index (χ2n) is 18.3. The van der Waals surface area contributed by atoms with Crippen molar-refractivity contribution in [1.29, 1.82) is 0 Å².